The number of aryl methyl sites for hydroxylation is 1. The van der Waals surface area contributed by atoms with Gasteiger partial charge in [0.25, 0.3) is 5.56 Å². The maximum absolute atomic E-state index is 11.8. The van der Waals surface area contributed by atoms with Crippen LogP contribution in [0.3, 0.4) is 0 Å². The van der Waals surface area contributed by atoms with Crippen molar-refractivity contribution in [2.24, 2.45) is 0 Å². The average Bonchev–Trinajstić information content (AvgIpc) is 2.87. The first-order valence-corrected chi connectivity index (χ1v) is 6.71. The topological polar surface area (TPSA) is 97.5 Å². The zero-order valence-corrected chi connectivity index (χ0v) is 11.4. The van der Waals surface area contributed by atoms with Crippen molar-refractivity contribution in [2.45, 2.75) is 6.92 Å². The van der Waals surface area contributed by atoms with Crippen LogP contribution >= 0.6 is 11.3 Å². The van der Waals surface area contributed by atoms with Crippen LogP contribution in [0.1, 0.15) is 5.56 Å². The smallest absolute Gasteiger partial charge is 0.274 e. The van der Waals surface area contributed by atoms with E-state index in [1.165, 1.54) is 11.3 Å². The molecule has 0 radical (unpaired) electrons. The lowest BCUT2D eigenvalue weighted by atomic mass is 10.1. The largest absolute Gasteiger partial charge is 0.374 e. The number of aromatic amines is 1. The van der Waals surface area contributed by atoms with Gasteiger partial charge in [0.1, 0.15) is 0 Å². The van der Waals surface area contributed by atoms with Crippen molar-refractivity contribution in [3.8, 4) is 21.8 Å². The van der Waals surface area contributed by atoms with Crippen LogP contribution in [0.15, 0.2) is 35.1 Å². The van der Waals surface area contributed by atoms with Crippen molar-refractivity contribution in [2.75, 3.05) is 5.73 Å². The van der Waals surface area contributed by atoms with Gasteiger partial charge in [-0.15, -0.1) is 10.2 Å². The van der Waals surface area contributed by atoms with Gasteiger partial charge < -0.3 is 5.73 Å². The van der Waals surface area contributed by atoms with Gasteiger partial charge in [-0.25, -0.2) is 5.10 Å². The molecule has 0 aliphatic heterocycles. The fraction of sp³-hybridized carbons (Fsp3) is 0.0769. The molecular formula is C13H11N5OS. The van der Waals surface area contributed by atoms with E-state index >= 15 is 0 Å². The van der Waals surface area contributed by atoms with Crippen molar-refractivity contribution in [1.82, 2.24) is 20.4 Å². The number of benzene rings is 1. The summed E-state index contributed by atoms with van der Waals surface area (Å²) >= 11 is 1.17. The molecule has 0 saturated heterocycles. The molecule has 100 valence electrons. The molecule has 0 bridgehead atoms. The fourth-order valence-electron chi connectivity index (χ4n) is 1.78. The van der Waals surface area contributed by atoms with Gasteiger partial charge in [-0.05, 0) is 13.0 Å². The number of anilines is 1. The highest BCUT2D eigenvalue weighted by Crippen LogP contribution is 2.24. The molecule has 1 aromatic carbocycles. The normalized spacial score (nSPS) is 10.7. The van der Waals surface area contributed by atoms with Crippen molar-refractivity contribution >= 4 is 16.5 Å². The van der Waals surface area contributed by atoms with Gasteiger partial charge in [0.2, 0.25) is 5.13 Å². The van der Waals surface area contributed by atoms with Gasteiger partial charge in [-0.2, -0.15) is 5.10 Å². The van der Waals surface area contributed by atoms with Gasteiger partial charge in [-0.1, -0.05) is 41.2 Å². The number of nitrogens with zero attached hydrogens (tertiary/aromatic N) is 3. The Morgan fingerprint density at radius 3 is 2.60 bits per heavy atom. The molecule has 0 fully saturated rings. The lowest BCUT2D eigenvalue weighted by Crippen LogP contribution is -2.11. The van der Waals surface area contributed by atoms with E-state index in [-0.39, 0.29) is 5.56 Å². The molecule has 0 unspecified atom stereocenters. The molecule has 3 aromatic rings. The highest BCUT2D eigenvalue weighted by molar-refractivity contribution is 7.18. The third kappa shape index (κ3) is 2.30. The minimum Gasteiger partial charge on any atom is -0.374 e. The highest BCUT2D eigenvalue weighted by atomic mass is 32.1. The standard InChI is InChI=1S/C13H11N5OS/c1-7-2-4-8(5-3-7)10-6-9(11(19)16-15-10)12-17-18-13(14)20-12/h2-6H,1H3,(H2,14,18)(H,16,19). The molecule has 0 atom stereocenters. The van der Waals surface area contributed by atoms with Crippen molar-refractivity contribution < 1.29 is 0 Å². The molecule has 3 N–H and O–H groups in total. The van der Waals surface area contributed by atoms with Crippen LogP contribution in [0.25, 0.3) is 21.8 Å². The Morgan fingerprint density at radius 2 is 1.95 bits per heavy atom. The first-order valence-electron chi connectivity index (χ1n) is 5.89. The summed E-state index contributed by atoms with van der Waals surface area (Å²) in [6, 6.07) is 9.58. The molecule has 3 rings (SSSR count). The molecule has 6 nitrogen and oxygen atoms in total. The molecule has 0 aliphatic rings. The molecule has 0 saturated carbocycles. The van der Waals surface area contributed by atoms with E-state index in [1.807, 2.05) is 31.2 Å². The molecule has 2 aromatic heterocycles. The second-order valence-electron chi connectivity index (χ2n) is 4.31. The number of rotatable bonds is 2. The zero-order chi connectivity index (χ0) is 14.1. The number of nitrogen functional groups attached to an aromatic ring is 1. The quantitative estimate of drug-likeness (QED) is 0.748. The van der Waals surface area contributed by atoms with E-state index in [0.717, 1.165) is 11.1 Å². The maximum atomic E-state index is 11.8. The first-order chi connectivity index (χ1) is 9.63. The second-order valence-corrected chi connectivity index (χ2v) is 5.32. The van der Waals surface area contributed by atoms with Gasteiger partial charge in [-0.3, -0.25) is 4.79 Å². The highest BCUT2D eigenvalue weighted by Gasteiger charge is 2.11. The molecular weight excluding hydrogens is 274 g/mol. The van der Waals surface area contributed by atoms with Gasteiger partial charge in [0, 0.05) is 5.56 Å². The fourth-order valence-corrected chi connectivity index (χ4v) is 2.40. The Morgan fingerprint density at radius 1 is 1.20 bits per heavy atom. The SMILES string of the molecule is Cc1ccc(-c2cc(-c3nnc(N)s3)c(=O)[nH]n2)cc1. The van der Waals surface area contributed by atoms with Crippen LogP contribution in [0.2, 0.25) is 0 Å². The summed E-state index contributed by atoms with van der Waals surface area (Å²) in [7, 11) is 0. The number of nitrogens with two attached hydrogens (primary N) is 1. The second kappa shape index (κ2) is 4.86. The van der Waals surface area contributed by atoms with Crippen LogP contribution in [0.5, 0.6) is 0 Å². The van der Waals surface area contributed by atoms with E-state index in [9.17, 15) is 4.79 Å². The molecule has 20 heavy (non-hydrogen) atoms. The number of hydrogen-bond acceptors (Lipinski definition) is 6. The summed E-state index contributed by atoms with van der Waals surface area (Å²) in [5, 5.41) is 15.0. The third-order valence-electron chi connectivity index (χ3n) is 2.82. The average molecular weight is 285 g/mol. The van der Waals surface area contributed by atoms with E-state index < -0.39 is 0 Å². The number of nitrogens with one attached hydrogen (secondary N) is 1. The van der Waals surface area contributed by atoms with Crippen LogP contribution in [0.4, 0.5) is 5.13 Å². The third-order valence-corrected chi connectivity index (χ3v) is 3.61. The summed E-state index contributed by atoms with van der Waals surface area (Å²) in [4.78, 5) is 11.8. The maximum Gasteiger partial charge on any atom is 0.274 e. The minimum absolute atomic E-state index is 0.308. The van der Waals surface area contributed by atoms with Crippen LogP contribution in [0, 0.1) is 6.92 Å². The number of H-pyrrole nitrogens is 1. The Bertz CT molecular complexity index is 806. The summed E-state index contributed by atoms with van der Waals surface area (Å²) in [6.07, 6.45) is 0. The van der Waals surface area contributed by atoms with Gasteiger partial charge >= 0.3 is 0 Å². The summed E-state index contributed by atoms with van der Waals surface area (Å²) < 4.78 is 0. The van der Waals surface area contributed by atoms with Crippen LogP contribution in [-0.2, 0) is 0 Å². The van der Waals surface area contributed by atoms with E-state index in [2.05, 4.69) is 20.4 Å². The van der Waals surface area contributed by atoms with Gasteiger partial charge in [0.15, 0.2) is 5.01 Å². The minimum atomic E-state index is -0.308. The van der Waals surface area contributed by atoms with Crippen molar-refractivity contribution in [3.05, 3.63) is 46.2 Å². The van der Waals surface area contributed by atoms with Crippen LogP contribution < -0.4 is 11.3 Å². The molecule has 7 heteroatoms. The first kappa shape index (κ1) is 12.5. The lowest BCUT2D eigenvalue weighted by Gasteiger charge is -2.02. The molecule has 0 spiro atoms. The summed E-state index contributed by atoms with van der Waals surface area (Å²) in [5.41, 5.74) is 8.42. The Hall–Kier alpha value is -2.54. The van der Waals surface area contributed by atoms with E-state index in [4.69, 9.17) is 5.73 Å². The number of hydrogen-bond donors (Lipinski definition) is 2. The summed E-state index contributed by atoms with van der Waals surface area (Å²) in [5.74, 6) is 0. The summed E-state index contributed by atoms with van der Waals surface area (Å²) in [6.45, 7) is 2.01. The van der Waals surface area contributed by atoms with E-state index in [0.29, 0.717) is 21.4 Å². The van der Waals surface area contributed by atoms with Crippen LogP contribution in [-0.4, -0.2) is 20.4 Å². The van der Waals surface area contributed by atoms with Crippen molar-refractivity contribution in [3.63, 3.8) is 0 Å². The monoisotopic (exact) mass is 285 g/mol. The number of aromatic nitrogens is 4. The Kier molecular flexibility index (Phi) is 3.03. The van der Waals surface area contributed by atoms with Crippen molar-refractivity contribution in [1.29, 1.82) is 0 Å². The molecule has 0 amide bonds. The molecule has 0 aliphatic carbocycles. The Labute approximate surface area is 118 Å². The Balaban J connectivity index is 2.11. The predicted molar refractivity (Wildman–Crippen MR) is 78.3 cm³/mol. The lowest BCUT2D eigenvalue weighted by molar-refractivity contribution is 0.993. The van der Waals surface area contributed by atoms with Gasteiger partial charge in [0.05, 0.1) is 11.3 Å². The molecule has 2 heterocycles. The zero-order valence-electron chi connectivity index (χ0n) is 10.6. The predicted octanol–water partition coefficient (Wildman–Crippen LogP) is 1.85. The van der Waals surface area contributed by atoms with E-state index in [1.54, 1.807) is 6.07 Å².